The number of hydrogen-bond acceptors (Lipinski definition) is 7. The lowest BCUT2D eigenvalue weighted by atomic mass is 9.70. The van der Waals surface area contributed by atoms with Crippen LogP contribution in [0, 0.1) is 0 Å². The van der Waals surface area contributed by atoms with Crippen molar-refractivity contribution in [2.75, 3.05) is 13.7 Å². The fourth-order valence-corrected chi connectivity index (χ4v) is 17.8. The van der Waals surface area contributed by atoms with Crippen molar-refractivity contribution in [1.29, 1.82) is 0 Å². The number of carbonyl (C=O) groups is 2. The zero-order valence-corrected chi connectivity index (χ0v) is 50.9. The van der Waals surface area contributed by atoms with Crippen LogP contribution in [0.3, 0.4) is 0 Å². The highest BCUT2D eigenvalue weighted by atomic mass is 32.1. The summed E-state index contributed by atoms with van der Waals surface area (Å²) in [6.07, 6.45) is 0. The predicted octanol–water partition coefficient (Wildman–Crippen LogP) is 20.5. The van der Waals surface area contributed by atoms with Crippen LogP contribution in [0.15, 0.2) is 267 Å². The smallest absolute Gasteiger partial charge is 0.338 e. The highest BCUT2D eigenvalue weighted by molar-refractivity contribution is 7.21. The molecule has 2 heterocycles. The van der Waals surface area contributed by atoms with Crippen LogP contribution in [0.5, 0.6) is 0 Å². The first kappa shape index (κ1) is 52.5. The normalized spacial score (nSPS) is 13.6. The van der Waals surface area contributed by atoms with Gasteiger partial charge in [0.15, 0.2) is 0 Å². The van der Waals surface area contributed by atoms with E-state index in [0.717, 1.165) is 86.7 Å². The summed E-state index contributed by atoms with van der Waals surface area (Å²) in [7, 11) is 1.40. The second-order valence-electron chi connectivity index (χ2n) is 24.5. The molecule has 0 saturated heterocycles. The number of methoxy groups -OCH3 is 1. The summed E-state index contributed by atoms with van der Waals surface area (Å²) in [5.41, 5.74) is 29.4. The average Bonchev–Trinajstić information content (AvgIpc) is 1.51. The third-order valence-electron chi connectivity index (χ3n) is 20.3. The summed E-state index contributed by atoms with van der Waals surface area (Å²) in [6, 6.07) is 96.5. The van der Waals surface area contributed by atoms with Gasteiger partial charge in [-0.2, -0.15) is 0 Å². The van der Waals surface area contributed by atoms with Gasteiger partial charge in [0.25, 0.3) is 0 Å². The molecule has 2 aromatic heterocycles. The molecule has 0 atom stereocenters. The quantitative estimate of drug-likeness (QED) is 0.117. The van der Waals surface area contributed by atoms with Crippen molar-refractivity contribution in [3.8, 4) is 87.6 Å². The molecular formula is C85H52N2O4S. The Kier molecular flexibility index (Phi) is 11.2. The fourth-order valence-electron chi connectivity index (χ4n) is 16.6. The Morgan fingerprint density at radius 2 is 0.663 bits per heavy atom. The van der Waals surface area contributed by atoms with Crippen molar-refractivity contribution in [2.24, 2.45) is 0 Å². The number of carbonyl (C=O) groups excluding carboxylic acids is 2. The third-order valence-corrected chi connectivity index (χ3v) is 21.5. The van der Waals surface area contributed by atoms with E-state index in [1.54, 1.807) is 11.3 Å². The summed E-state index contributed by atoms with van der Waals surface area (Å²) in [4.78, 5) is 39.9. The molecule has 0 bridgehead atoms. The molecule has 7 heteroatoms. The monoisotopic (exact) mass is 1200 g/mol. The lowest BCUT2D eigenvalue weighted by Crippen LogP contribution is -2.25. The van der Waals surface area contributed by atoms with Gasteiger partial charge >= 0.3 is 11.9 Å². The maximum absolute atomic E-state index is 12.9. The second kappa shape index (κ2) is 19.6. The van der Waals surface area contributed by atoms with Crippen LogP contribution in [0.2, 0.25) is 0 Å². The van der Waals surface area contributed by atoms with E-state index < -0.39 is 10.8 Å². The third kappa shape index (κ3) is 6.92. The number of esters is 2. The minimum atomic E-state index is -0.552. The van der Waals surface area contributed by atoms with Gasteiger partial charge in [-0.05, 0) is 165 Å². The largest absolute Gasteiger partial charge is 0.465 e. The Morgan fingerprint density at radius 1 is 0.337 bits per heavy atom. The maximum Gasteiger partial charge on any atom is 0.338 e. The lowest BCUT2D eigenvalue weighted by Gasteiger charge is -2.30. The Bertz CT molecular complexity index is 5670. The van der Waals surface area contributed by atoms with E-state index in [2.05, 4.69) is 218 Å². The maximum atomic E-state index is 12.9. The molecule has 92 heavy (non-hydrogen) atoms. The predicted molar refractivity (Wildman–Crippen MR) is 372 cm³/mol. The highest BCUT2D eigenvalue weighted by Gasteiger charge is 2.54. The van der Waals surface area contributed by atoms with E-state index in [1.807, 2.05) is 55.5 Å². The van der Waals surface area contributed by atoms with Gasteiger partial charge in [0.2, 0.25) is 0 Å². The van der Waals surface area contributed by atoms with Crippen LogP contribution < -0.4 is 0 Å². The Labute approximate surface area is 534 Å². The van der Waals surface area contributed by atoms with Crippen molar-refractivity contribution in [3.63, 3.8) is 0 Å². The Hall–Kier alpha value is -11.4. The summed E-state index contributed by atoms with van der Waals surface area (Å²) >= 11 is 1.81. The fraction of sp³-hybridized carbons (Fsp3) is 0.0588. The molecule has 2 spiro atoms. The van der Waals surface area contributed by atoms with Gasteiger partial charge in [0, 0.05) is 21.9 Å². The van der Waals surface area contributed by atoms with Crippen molar-refractivity contribution in [1.82, 2.24) is 9.97 Å². The van der Waals surface area contributed by atoms with Gasteiger partial charge in [-0.3, -0.25) is 0 Å². The first-order valence-corrected chi connectivity index (χ1v) is 32.2. The summed E-state index contributed by atoms with van der Waals surface area (Å²) in [5, 5.41) is 3.94. The molecule has 15 aromatic rings. The number of nitrogens with zero attached hydrogens (tertiary/aromatic N) is 2. The van der Waals surface area contributed by atoms with Crippen LogP contribution in [0.4, 0.5) is 0 Å². The average molecular weight is 1200 g/mol. The molecule has 19 rings (SSSR count). The molecule has 0 unspecified atom stereocenters. The van der Waals surface area contributed by atoms with E-state index in [9.17, 15) is 9.59 Å². The first-order valence-electron chi connectivity index (χ1n) is 31.3. The molecule has 6 nitrogen and oxygen atoms in total. The number of hydrogen-bond donors (Lipinski definition) is 0. The number of benzene rings is 13. The van der Waals surface area contributed by atoms with Crippen molar-refractivity contribution < 1.29 is 19.1 Å². The van der Waals surface area contributed by atoms with Crippen LogP contribution in [0.1, 0.15) is 72.1 Å². The van der Waals surface area contributed by atoms with Gasteiger partial charge in [-0.1, -0.05) is 231 Å². The molecule has 13 aromatic carbocycles. The molecule has 0 aliphatic heterocycles. The zero-order valence-electron chi connectivity index (χ0n) is 50.0. The lowest BCUT2D eigenvalue weighted by molar-refractivity contribution is 0.0525. The number of thiophene rings is 1. The van der Waals surface area contributed by atoms with Crippen LogP contribution in [0.25, 0.3) is 131 Å². The van der Waals surface area contributed by atoms with E-state index in [0.29, 0.717) is 17.7 Å². The zero-order chi connectivity index (χ0) is 61.1. The SMILES string of the molecule is CCOC(=O)c1ccc(-c2ccc3c(c2)c2cc(-c4ccc(C(=O)OC)cc4)ccc2c2nc4c(-c5cccc6c5-c5ccccc5C65c6ccccc6-c6ccccc65)sc(-c5cccc6c5-c5ccccc5C65c6ccccc6-c6ccccc65)c4nc32)cc1. The van der Waals surface area contributed by atoms with E-state index >= 15 is 0 Å². The van der Waals surface area contributed by atoms with Crippen LogP contribution in [-0.2, 0) is 20.3 Å². The summed E-state index contributed by atoms with van der Waals surface area (Å²) in [6.45, 7) is 2.12. The molecule has 432 valence electrons. The van der Waals surface area contributed by atoms with Crippen molar-refractivity contribution in [3.05, 3.63) is 323 Å². The Morgan fingerprint density at radius 3 is 1.04 bits per heavy atom. The topological polar surface area (TPSA) is 78.4 Å². The molecule has 4 aliphatic rings. The van der Waals surface area contributed by atoms with Crippen molar-refractivity contribution >= 4 is 66.9 Å². The van der Waals surface area contributed by atoms with Gasteiger partial charge < -0.3 is 9.47 Å². The van der Waals surface area contributed by atoms with Gasteiger partial charge in [0.05, 0.1) is 56.5 Å². The second-order valence-corrected chi connectivity index (χ2v) is 25.5. The molecule has 0 amide bonds. The molecule has 0 radical (unpaired) electrons. The van der Waals surface area contributed by atoms with Crippen molar-refractivity contribution in [2.45, 2.75) is 17.8 Å². The molecule has 0 fully saturated rings. The standard InChI is InChI=1S/C85H52N2O4S/c1-3-91-83(89)51-40-36-49(37-41-51)53-43-45-59-65(47-53)64-46-52(48-34-38-50(39-35-48)82(88)90-2)42-44-58(64)76-77(59)87-79-78(86-76)80(62-24-16-32-72-74(62)60-22-8-14-30-70(60)84(72)66-26-10-4-18-54(66)55-19-5-11-27-67(55)84)92-81(79)63-25-17-33-73-75(63)61-23-9-15-31-71(61)85(73)68-28-12-6-20-56(68)57-21-7-13-29-69(57)85/h4-47H,3H2,1-2H3. The van der Waals surface area contributed by atoms with E-state index in [1.165, 1.54) is 96.1 Å². The van der Waals surface area contributed by atoms with Crippen LogP contribution >= 0.6 is 11.3 Å². The first-order chi connectivity index (χ1) is 45.4. The highest BCUT2D eigenvalue weighted by Crippen LogP contribution is 2.67. The van der Waals surface area contributed by atoms with E-state index in [4.69, 9.17) is 19.4 Å². The summed E-state index contributed by atoms with van der Waals surface area (Å²) < 4.78 is 10.5. The van der Waals surface area contributed by atoms with Gasteiger partial charge in [-0.15, -0.1) is 11.3 Å². The van der Waals surface area contributed by atoms with Gasteiger partial charge in [0.1, 0.15) is 11.0 Å². The molecule has 4 aliphatic carbocycles. The van der Waals surface area contributed by atoms with Gasteiger partial charge in [-0.25, -0.2) is 19.6 Å². The molecule has 0 saturated carbocycles. The van der Waals surface area contributed by atoms with Crippen LogP contribution in [-0.4, -0.2) is 35.6 Å². The minimum absolute atomic E-state index is 0.299. The summed E-state index contributed by atoms with van der Waals surface area (Å²) in [5.74, 6) is -0.734. The molecular weight excluding hydrogens is 1150 g/mol. The number of ether oxygens (including phenoxy) is 2. The van der Waals surface area contributed by atoms with E-state index in [-0.39, 0.29) is 11.9 Å². The Balaban J connectivity index is 0.919. The molecule has 0 N–H and O–H groups in total. The number of fused-ring (bicyclic) bond motifs is 27. The number of rotatable bonds is 7. The number of aromatic nitrogens is 2. The minimum Gasteiger partial charge on any atom is -0.465 e.